The monoisotopic (exact) mass is 531 g/mol. The van der Waals surface area contributed by atoms with E-state index in [4.69, 9.17) is 19.9 Å². The number of hydrogen-bond donors (Lipinski definition) is 1. The lowest BCUT2D eigenvalue weighted by atomic mass is 9.91. The second-order valence-electron chi connectivity index (χ2n) is 10.8. The number of nitrogens with one attached hydrogen (secondary N) is 1. The van der Waals surface area contributed by atoms with Crippen LogP contribution in [0.4, 0.5) is 0 Å². The molecule has 0 radical (unpaired) electrons. The lowest BCUT2D eigenvalue weighted by Crippen LogP contribution is -2.36. The van der Waals surface area contributed by atoms with Crippen LogP contribution in [-0.4, -0.2) is 40.3 Å². The first-order valence-corrected chi connectivity index (χ1v) is 13.8. The van der Waals surface area contributed by atoms with Gasteiger partial charge in [0.25, 0.3) is 0 Å². The van der Waals surface area contributed by atoms with Crippen LogP contribution in [0, 0.1) is 26.2 Å². The van der Waals surface area contributed by atoms with Gasteiger partial charge in [-0.15, -0.1) is 0 Å². The average Bonchev–Trinajstić information content (AvgIpc) is 2.90. The predicted molar refractivity (Wildman–Crippen MR) is 159 cm³/mol. The number of rotatable bonds is 8. The number of Topliss-reactive ketones (excluding diaryl/α,β-unsaturated/α-hetero) is 1. The van der Waals surface area contributed by atoms with Gasteiger partial charge >= 0.3 is 0 Å². The van der Waals surface area contributed by atoms with Crippen LogP contribution in [0.1, 0.15) is 93.6 Å². The van der Waals surface area contributed by atoms with Crippen molar-refractivity contribution in [3.05, 3.63) is 88.0 Å². The highest BCUT2D eigenvalue weighted by Gasteiger charge is 2.26. The highest BCUT2D eigenvalue weighted by Crippen LogP contribution is 2.27. The van der Waals surface area contributed by atoms with Gasteiger partial charge in [0.15, 0.2) is 11.4 Å². The Kier molecular flexibility index (Phi) is 10.5. The molecule has 4 rings (SSSR count). The molecular weight excluding hydrogens is 486 g/mol. The van der Waals surface area contributed by atoms with Gasteiger partial charge in [0.2, 0.25) is 0 Å². The Bertz CT molecular complexity index is 1260. The van der Waals surface area contributed by atoms with Gasteiger partial charge in [-0.25, -0.2) is 0 Å². The lowest BCUT2D eigenvalue weighted by molar-refractivity contribution is -0.129. The first-order chi connectivity index (χ1) is 18.5. The Morgan fingerprint density at radius 3 is 2.33 bits per heavy atom. The molecule has 6 nitrogen and oxygen atoms in total. The number of aryl methyl sites for hydroxylation is 3. The summed E-state index contributed by atoms with van der Waals surface area (Å²) in [6.45, 7) is 14.8. The van der Waals surface area contributed by atoms with E-state index in [0.29, 0.717) is 17.4 Å². The molecular formula is C33H45N3O3. The zero-order valence-corrected chi connectivity index (χ0v) is 24.6. The highest BCUT2D eigenvalue weighted by molar-refractivity contribution is 6.00. The molecule has 210 valence electrons. The van der Waals surface area contributed by atoms with E-state index in [-0.39, 0.29) is 7.21 Å². The smallest absolute Gasteiger partial charge is 0.172 e. The molecule has 1 aliphatic rings. The van der Waals surface area contributed by atoms with E-state index >= 15 is 0 Å². The van der Waals surface area contributed by atoms with Crippen molar-refractivity contribution in [2.45, 2.75) is 85.7 Å². The molecule has 0 saturated carbocycles. The van der Waals surface area contributed by atoms with Gasteiger partial charge in [0.1, 0.15) is 5.75 Å². The number of carbonyl (C=O) groups is 1. The molecule has 1 aliphatic heterocycles. The second-order valence-corrected chi connectivity index (χ2v) is 10.8. The maximum Gasteiger partial charge on any atom is 0.172 e. The molecule has 3 heterocycles. The molecule has 6 heteroatoms. The fraction of sp³-hybridized carbons (Fsp3) is 0.455. The van der Waals surface area contributed by atoms with Crippen molar-refractivity contribution >= 4 is 11.5 Å². The Morgan fingerprint density at radius 2 is 1.77 bits per heavy atom. The Hall–Kier alpha value is -3.38. The number of aromatic nitrogens is 2. The van der Waals surface area contributed by atoms with E-state index in [2.05, 4.69) is 42.2 Å². The van der Waals surface area contributed by atoms with Gasteiger partial charge < -0.3 is 14.9 Å². The number of ether oxygens (including phenoxy) is 2. The minimum Gasteiger partial charge on any atom is -0.478 e. The molecule has 1 aromatic carbocycles. The number of nitrogens with zero attached hydrogens (tertiary/aromatic N) is 2. The largest absolute Gasteiger partial charge is 0.478 e. The van der Waals surface area contributed by atoms with Crippen LogP contribution in [0.2, 0.25) is 0 Å². The number of benzene rings is 1. The van der Waals surface area contributed by atoms with E-state index in [1.807, 2.05) is 26.8 Å². The fourth-order valence-electron chi connectivity index (χ4n) is 4.71. The molecule has 0 aliphatic carbocycles. The Balaban J connectivity index is 0.000000320. The molecule has 2 aromatic heterocycles. The first-order valence-electron chi connectivity index (χ1n) is 13.8. The first kappa shape index (κ1) is 30.2. The number of ketones is 1. The SMILES string of the molecule is CC(=O)C(C)(C)Oc1cccnc1C.CCC(=N)c1c(C)cc(Cc2ccc(C3CCOCC3)cc2)nc1C.[HH]. The quantitative estimate of drug-likeness (QED) is 0.307. The molecule has 0 unspecified atom stereocenters. The molecule has 1 fully saturated rings. The van der Waals surface area contributed by atoms with Crippen molar-refractivity contribution in [2.75, 3.05) is 13.2 Å². The predicted octanol–water partition coefficient (Wildman–Crippen LogP) is 7.34. The van der Waals surface area contributed by atoms with E-state index in [0.717, 1.165) is 67.1 Å². The molecule has 3 aromatic rings. The van der Waals surface area contributed by atoms with Crippen LogP contribution in [0.25, 0.3) is 0 Å². The standard InChI is InChI=1S/C22H28N2O.C11H15NO2.H2/c1-4-21(23)22-15(2)13-20(24-16(22)3)14-17-5-7-18(8-6-17)19-9-11-25-12-10-19;1-8-10(6-5-7-12-8)14-11(3,4)9(2)13;/h5-8,13,19,23H,4,9-12,14H2,1-3H3;5-7H,1-4H3;1H. The molecule has 0 amide bonds. The molecule has 39 heavy (non-hydrogen) atoms. The van der Waals surface area contributed by atoms with Crippen molar-refractivity contribution < 1.29 is 15.7 Å². The van der Waals surface area contributed by atoms with Crippen molar-refractivity contribution in [2.24, 2.45) is 0 Å². The Morgan fingerprint density at radius 1 is 1.10 bits per heavy atom. The third kappa shape index (κ3) is 8.30. The van der Waals surface area contributed by atoms with Crippen molar-refractivity contribution in [1.82, 2.24) is 9.97 Å². The van der Waals surface area contributed by atoms with Crippen LogP contribution in [0.3, 0.4) is 0 Å². The zero-order valence-electron chi connectivity index (χ0n) is 24.6. The number of hydrogen-bond acceptors (Lipinski definition) is 6. The summed E-state index contributed by atoms with van der Waals surface area (Å²) in [6, 6.07) is 14.8. The maximum absolute atomic E-state index is 11.2. The van der Waals surface area contributed by atoms with Crippen LogP contribution < -0.4 is 4.74 Å². The van der Waals surface area contributed by atoms with Gasteiger partial charge in [0.05, 0.1) is 5.69 Å². The van der Waals surface area contributed by atoms with Crippen molar-refractivity contribution in [3.63, 3.8) is 0 Å². The minimum atomic E-state index is -0.784. The fourth-order valence-corrected chi connectivity index (χ4v) is 4.71. The van der Waals surface area contributed by atoms with Crippen LogP contribution in [-0.2, 0) is 16.0 Å². The molecule has 1 saturated heterocycles. The minimum absolute atomic E-state index is 0. The average molecular weight is 532 g/mol. The second kappa shape index (κ2) is 13.6. The normalized spacial score (nSPS) is 13.8. The van der Waals surface area contributed by atoms with Crippen LogP contribution >= 0.6 is 0 Å². The summed E-state index contributed by atoms with van der Waals surface area (Å²) in [7, 11) is 0. The van der Waals surface area contributed by atoms with E-state index < -0.39 is 5.60 Å². The highest BCUT2D eigenvalue weighted by atomic mass is 16.5. The molecule has 1 N–H and O–H groups in total. The third-order valence-corrected chi connectivity index (χ3v) is 7.33. The summed E-state index contributed by atoms with van der Waals surface area (Å²) in [5.74, 6) is 1.30. The summed E-state index contributed by atoms with van der Waals surface area (Å²) in [5.41, 5.74) is 7.64. The third-order valence-electron chi connectivity index (χ3n) is 7.33. The number of pyridine rings is 2. The lowest BCUT2D eigenvalue weighted by Gasteiger charge is -2.23. The summed E-state index contributed by atoms with van der Waals surface area (Å²) in [6.07, 6.45) is 5.54. The molecule has 0 spiro atoms. The zero-order chi connectivity index (χ0) is 28.6. The van der Waals surface area contributed by atoms with Gasteiger partial charge in [-0.05, 0) is 102 Å². The summed E-state index contributed by atoms with van der Waals surface area (Å²) >= 11 is 0. The maximum atomic E-state index is 11.2. The summed E-state index contributed by atoms with van der Waals surface area (Å²) in [4.78, 5) is 20.1. The van der Waals surface area contributed by atoms with Gasteiger partial charge in [-0.3, -0.25) is 14.8 Å². The van der Waals surface area contributed by atoms with Crippen molar-refractivity contribution in [3.8, 4) is 5.75 Å². The van der Waals surface area contributed by atoms with E-state index in [1.54, 1.807) is 26.1 Å². The molecule has 0 bridgehead atoms. The summed E-state index contributed by atoms with van der Waals surface area (Å²) in [5, 5.41) is 8.12. The van der Waals surface area contributed by atoms with Gasteiger partial charge in [0, 0.05) is 49.9 Å². The van der Waals surface area contributed by atoms with Gasteiger partial charge in [-0.1, -0.05) is 31.2 Å². The van der Waals surface area contributed by atoms with Crippen LogP contribution in [0.15, 0.2) is 48.7 Å². The van der Waals surface area contributed by atoms with Gasteiger partial charge in [-0.2, -0.15) is 0 Å². The topological polar surface area (TPSA) is 85.2 Å². The van der Waals surface area contributed by atoms with Crippen LogP contribution in [0.5, 0.6) is 5.75 Å². The van der Waals surface area contributed by atoms with Crippen molar-refractivity contribution in [1.29, 1.82) is 5.41 Å². The number of carbonyl (C=O) groups excluding carboxylic acids is 1. The summed E-state index contributed by atoms with van der Waals surface area (Å²) < 4.78 is 11.0. The molecule has 0 atom stereocenters. The van der Waals surface area contributed by atoms with E-state index in [9.17, 15) is 4.79 Å². The van der Waals surface area contributed by atoms with E-state index in [1.165, 1.54) is 18.1 Å². The Labute approximate surface area is 235 Å².